The van der Waals surface area contributed by atoms with Crippen LogP contribution < -0.4 is 15.1 Å². The first-order valence-corrected chi connectivity index (χ1v) is 9.77. The Hall–Kier alpha value is -2.15. The van der Waals surface area contributed by atoms with Gasteiger partial charge in [-0.25, -0.2) is 14.1 Å². The van der Waals surface area contributed by atoms with Crippen LogP contribution in [0, 0.1) is 11.7 Å². The lowest BCUT2D eigenvalue weighted by Crippen LogP contribution is -3.16. The molecule has 0 unspecified atom stereocenters. The number of nitrogens with one attached hydrogen (secondary N) is 2. The minimum atomic E-state index is -0.781. The van der Waals surface area contributed by atoms with Crippen molar-refractivity contribution in [3.63, 3.8) is 0 Å². The molecular weight excluding hydrogens is 347 g/mol. The number of benzene rings is 1. The first-order valence-electron chi connectivity index (χ1n) is 9.77. The summed E-state index contributed by atoms with van der Waals surface area (Å²) < 4.78 is 13.1. The van der Waals surface area contributed by atoms with Crippen molar-refractivity contribution in [1.82, 2.24) is 10.2 Å². The Labute approximate surface area is 160 Å². The number of hydrogen-bond acceptors (Lipinski definition) is 3. The van der Waals surface area contributed by atoms with Crippen molar-refractivity contribution in [1.29, 1.82) is 0 Å². The summed E-state index contributed by atoms with van der Waals surface area (Å²) in [4.78, 5) is 30.0. The molecule has 148 valence electrons. The number of urea groups is 1. The van der Waals surface area contributed by atoms with Crippen molar-refractivity contribution in [3.8, 4) is 0 Å². The number of hydrogen-bond donors (Lipinski definition) is 2. The summed E-state index contributed by atoms with van der Waals surface area (Å²) in [6.07, 6.45) is 1.57. The molecule has 27 heavy (non-hydrogen) atoms. The molecule has 0 spiro atoms. The predicted octanol–water partition coefficient (Wildman–Crippen LogP) is 1.23. The zero-order valence-corrected chi connectivity index (χ0v) is 16.4. The molecule has 0 aromatic heterocycles. The smallest absolute Gasteiger partial charge is 0.329 e. The van der Waals surface area contributed by atoms with Crippen LogP contribution in [0.3, 0.4) is 0 Å². The van der Waals surface area contributed by atoms with Crippen molar-refractivity contribution in [3.05, 3.63) is 30.1 Å². The maximum atomic E-state index is 13.1. The zero-order chi connectivity index (χ0) is 19.6. The van der Waals surface area contributed by atoms with Gasteiger partial charge in [0.2, 0.25) is 0 Å². The topological polar surface area (TPSA) is 57.1 Å². The maximum absolute atomic E-state index is 13.1. The molecule has 2 N–H and O–H groups in total. The van der Waals surface area contributed by atoms with Crippen LogP contribution in [-0.4, -0.2) is 55.2 Å². The normalized spacial score (nSPS) is 24.0. The number of piperazine rings is 1. The Bertz CT molecular complexity index is 686. The molecule has 0 aliphatic carbocycles. The Morgan fingerprint density at radius 1 is 1.19 bits per heavy atom. The lowest BCUT2D eigenvalue weighted by Gasteiger charge is -2.34. The fourth-order valence-corrected chi connectivity index (χ4v) is 3.75. The molecule has 6 nitrogen and oxygen atoms in total. The highest BCUT2D eigenvalue weighted by atomic mass is 19.1. The number of quaternary nitrogens is 1. The van der Waals surface area contributed by atoms with E-state index in [9.17, 15) is 14.0 Å². The third-order valence-electron chi connectivity index (χ3n) is 5.61. The van der Waals surface area contributed by atoms with E-state index in [0.717, 1.165) is 38.3 Å². The molecule has 2 aliphatic heterocycles. The van der Waals surface area contributed by atoms with Crippen LogP contribution in [0.1, 0.15) is 33.6 Å². The molecule has 3 rings (SSSR count). The van der Waals surface area contributed by atoms with Crippen LogP contribution in [0.5, 0.6) is 0 Å². The van der Waals surface area contributed by atoms with Crippen LogP contribution in [0.15, 0.2) is 24.3 Å². The second-order valence-corrected chi connectivity index (χ2v) is 8.30. The summed E-state index contributed by atoms with van der Waals surface area (Å²) in [5, 5.41) is 2.89. The number of imide groups is 1. The van der Waals surface area contributed by atoms with Crippen LogP contribution in [0.25, 0.3) is 0 Å². The van der Waals surface area contributed by atoms with Gasteiger partial charge in [0.15, 0.2) is 6.67 Å². The number of nitrogens with zero attached hydrogens (tertiary/aromatic N) is 2. The predicted molar refractivity (Wildman–Crippen MR) is 102 cm³/mol. The molecule has 2 heterocycles. The first kappa shape index (κ1) is 19.6. The molecule has 2 aliphatic rings. The van der Waals surface area contributed by atoms with E-state index >= 15 is 0 Å². The first-order chi connectivity index (χ1) is 12.8. The lowest BCUT2D eigenvalue weighted by molar-refractivity contribution is -0.907. The van der Waals surface area contributed by atoms with Gasteiger partial charge in [0.05, 0.1) is 26.2 Å². The SMILES string of the molecule is CC(C)CC[C@]1(C)NC(=O)N(C[NH+]2CCN(c3ccc(F)cc3)CC2)C1=O. The molecule has 2 saturated heterocycles. The van der Waals surface area contributed by atoms with E-state index in [1.54, 1.807) is 12.1 Å². The summed E-state index contributed by atoms with van der Waals surface area (Å²) in [5.41, 5.74) is 0.225. The fourth-order valence-electron chi connectivity index (χ4n) is 3.75. The highest BCUT2D eigenvalue weighted by Crippen LogP contribution is 2.24. The van der Waals surface area contributed by atoms with E-state index in [4.69, 9.17) is 0 Å². The van der Waals surface area contributed by atoms with E-state index in [2.05, 4.69) is 24.1 Å². The second kappa shape index (κ2) is 7.84. The van der Waals surface area contributed by atoms with Gasteiger partial charge in [0.25, 0.3) is 5.91 Å². The number of halogens is 1. The van der Waals surface area contributed by atoms with Crippen molar-refractivity contribution in [2.45, 2.75) is 39.2 Å². The molecule has 1 aromatic rings. The third-order valence-corrected chi connectivity index (χ3v) is 5.61. The summed E-state index contributed by atoms with van der Waals surface area (Å²) in [7, 11) is 0. The van der Waals surface area contributed by atoms with Crippen molar-refractivity contribution in [2.24, 2.45) is 5.92 Å². The second-order valence-electron chi connectivity index (χ2n) is 8.30. The number of amides is 3. The molecule has 1 aromatic carbocycles. The zero-order valence-electron chi connectivity index (χ0n) is 16.4. The monoisotopic (exact) mass is 377 g/mol. The van der Waals surface area contributed by atoms with E-state index in [1.807, 2.05) is 6.92 Å². The van der Waals surface area contributed by atoms with E-state index in [-0.39, 0.29) is 17.8 Å². The summed E-state index contributed by atoms with van der Waals surface area (Å²) in [5.74, 6) is 0.148. The molecule has 7 heteroatoms. The van der Waals surface area contributed by atoms with Gasteiger partial charge in [-0.15, -0.1) is 0 Å². The van der Waals surface area contributed by atoms with Crippen molar-refractivity contribution in [2.75, 3.05) is 37.7 Å². The lowest BCUT2D eigenvalue weighted by atomic mass is 9.92. The van der Waals surface area contributed by atoms with E-state index in [1.165, 1.54) is 21.9 Å². The molecule has 0 bridgehead atoms. The standard InChI is InChI=1S/C20H29FN4O2/c1-15(2)8-9-20(3)18(26)25(19(27)22-20)14-23-10-12-24(13-11-23)17-6-4-16(21)5-7-17/h4-7,15H,8-14H2,1-3H3,(H,22,27)/p+1/t20-/m0/s1. The summed E-state index contributed by atoms with van der Waals surface area (Å²) >= 11 is 0. The average molecular weight is 377 g/mol. The quantitative estimate of drug-likeness (QED) is 0.734. The number of rotatable bonds is 6. The summed E-state index contributed by atoms with van der Waals surface area (Å²) in [6.45, 7) is 9.76. The van der Waals surface area contributed by atoms with Gasteiger partial charge in [-0.3, -0.25) is 4.79 Å². The molecular formula is C20H30FN4O2+. The van der Waals surface area contributed by atoms with Crippen LogP contribution in [0.4, 0.5) is 14.9 Å². The van der Waals surface area contributed by atoms with E-state index < -0.39 is 5.54 Å². The highest BCUT2D eigenvalue weighted by molar-refractivity contribution is 6.06. The van der Waals surface area contributed by atoms with Crippen molar-refractivity contribution >= 4 is 17.6 Å². The number of carbonyl (C=O) groups is 2. The molecule has 3 amide bonds. The molecule has 0 radical (unpaired) electrons. The van der Waals surface area contributed by atoms with Gasteiger partial charge in [0.1, 0.15) is 11.4 Å². The van der Waals surface area contributed by atoms with E-state index in [0.29, 0.717) is 19.0 Å². The fraction of sp³-hybridized carbons (Fsp3) is 0.600. The Morgan fingerprint density at radius 2 is 1.81 bits per heavy atom. The maximum Gasteiger partial charge on any atom is 0.329 e. The number of carbonyl (C=O) groups excluding carboxylic acids is 2. The van der Waals surface area contributed by atoms with Gasteiger partial charge >= 0.3 is 6.03 Å². The van der Waals surface area contributed by atoms with Crippen LogP contribution in [0.2, 0.25) is 0 Å². The minimum absolute atomic E-state index is 0.110. The Kier molecular flexibility index (Phi) is 5.69. The highest BCUT2D eigenvalue weighted by Gasteiger charge is 2.48. The van der Waals surface area contributed by atoms with Gasteiger partial charge in [-0.2, -0.15) is 0 Å². The van der Waals surface area contributed by atoms with Gasteiger partial charge in [-0.05, 0) is 49.9 Å². The number of anilines is 1. The van der Waals surface area contributed by atoms with Crippen LogP contribution in [-0.2, 0) is 4.79 Å². The average Bonchev–Trinajstić information content (AvgIpc) is 2.85. The largest absolute Gasteiger partial charge is 0.360 e. The van der Waals surface area contributed by atoms with Crippen LogP contribution >= 0.6 is 0 Å². The molecule has 0 saturated carbocycles. The molecule has 1 atom stereocenters. The van der Waals surface area contributed by atoms with Gasteiger partial charge < -0.3 is 15.1 Å². The van der Waals surface area contributed by atoms with Gasteiger partial charge in [-0.1, -0.05) is 13.8 Å². The molecule has 2 fully saturated rings. The Morgan fingerprint density at radius 3 is 2.41 bits per heavy atom. The summed E-state index contributed by atoms with van der Waals surface area (Å²) in [6, 6.07) is 6.25. The van der Waals surface area contributed by atoms with Crippen molar-refractivity contribution < 1.29 is 18.9 Å². The third kappa shape index (κ3) is 4.40. The van der Waals surface area contributed by atoms with Gasteiger partial charge in [0, 0.05) is 5.69 Å². The Balaban J connectivity index is 1.54. The minimum Gasteiger partial charge on any atom is -0.360 e.